The van der Waals surface area contributed by atoms with Crippen LogP contribution in [0.5, 0.6) is 0 Å². The van der Waals surface area contributed by atoms with Crippen molar-refractivity contribution in [3.05, 3.63) is 43.5 Å². The lowest BCUT2D eigenvalue weighted by Gasteiger charge is -2.20. The van der Waals surface area contributed by atoms with Gasteiger partial charge in [-0.3, -0.25) is 9.69 Å². The summed E-state index contributed by atoms with van der Waals surface area (Å²) in [6, 6.07) is 9.76. The molecule has 1 aromatic carbocycles. The van der Waals surface area contributed by atoms with Crippen LogP contribution in [0.2, 0.25) is 0 Å². The van der Waals surface area contributed by atoms with E-state index in [9.17, 15) is 4.79 Å². The van der Waals surface area contributed by atoms with E-state index in [1.165, 1.54) is 11.3 Å². The van der Waals surface area contributed by atoms with Gasteiger partial charge in [-0.25, -0.2) is 4.98 Å². The first kappa shape index (κ1) is 21.8. The number of amides is 1. The predicted molar refractivity (Wildman–Crippen MR) is 121 cm³/mol. The number of halogens is 3. The lowest BCUT2D eigenvalue weighted by Crippen LogP contribution is -2.32. The molecule has 0 atom stereocenters. The molecule has 1 amide bonds. The molecule has 0 saturated heterocycles. The maximum atomic E-state index is 13.0. The van der Waals surface area contributed by atoms with Crippen molar-refractivity contribution in [1.29, 1.82) is 0 Å². The molecular formula is C17H18Br2ClN3OS2. The minimum atomic E-state index is 0. The average molecular weight is 540 g/mol. The third-order valence-electron chi connectivity index (χ3n) is 3.59. The zero-order valence-corrected chi connectivity index (χ0v) is 19.9. The molecule has 2 aromatic heterocycles. The number of rotatable bonds is 6. The van der Waals surface area contributed by atoms with E-state index in [1.807, 2.05) is 44.4 Å². The van der Waals surface area contributed by atoms with Crippen molar-refractivity contribution in [3.8, 4) is 0 Å². The molecule has 0 aliphatic carbocycles. The Bertz CT molecular complexity index is 897. The van der Waals surface area contributed by atoms with Crippen LogP contribution in [0.1, 0.15) is 16.1 Å². The Kier molecular flexibility index (Phi) is 8.06. The molecule has 26 heavy (non-hydrogen) atoms. The van der Waals surface area contributed by atoms with E-state index in [2.05, 4.69) is 41.7 Å². The Hall–Kier alpha value is -0.510. The number of nitrogens with zero attached hydrogens (tertiary/aromatic N) is 3. The monoisotopic (exact) mass is 537 g/mol. The summed E-state index contributed by atoms with van der Waals surface area (Å²) >= 11 is 9.93. The fourth-order valence-electron chi connectivity index (χ4n) is 2.39. The minimum absolute atomic E-state index is 0. The second-order valence-corrected chi connectivity index (χ2v) is 10.2. The Morgan fingerprint density at radius 1 is 1.12 bits per heavy atom. The van der Waals surface area contributed by atoms with E-state index < -0.39 is 0 Å². The fraction of sp³-hybridized carbons (Fsp3) is 0.294. The molecule has 0 unspecified atom stereocenters. The van der Waals surface area contributed by atoms with E-state index in [0.29, 0.717) is 6.54 Å². The molecule has 2 heterocycles. The van der Waals surface area contributed by atoms with Crippen LogP contribution < -0.4 is 4.90 Å². The molecule has 3 aromatic rings. The van der Waals surface area contributed by atoms with Crippen LogP contribution >= 0.6 is 66.9 Å². The fourth-order valence-corrected chi connectivity index (χ4v) is 5.27. The van der Waals surface area contributed by atoms with Gasteiger partial charge in [-0.1, -0.05) is 27.3 Å². The number of hydrogen-bond acceptors (Lipinski definition) is 5. The Morgan fingerprint density at radius 3 is 2.54 bits per heavy atom. The molecule has 0 spiro atoms. The van der Waals surface area contributed by atoms with Crippen molar-refractivity contribution in [2.45, 2.75) is 6.42 Å². The molecule has 9 heteroatoms. The zero-order chi connectivity index (χ0) is 18.0. The number of carbonyl (C=O) groups is 1. The predicted octanol–water partition coefficient (Wildman–Crippen LogP) is 5.90. The van der Waals surface area contributed by atoms with Gasteiger partial charge in [0.1, 0.15) is 0 Å². The van der Waals surface area contributed by atoms with Crippen LogP contribution in [0.15, 0.2) is 38.6 Å². The van der Waals surface area contributed by atoms with Crippen molar-refractivity contribution < 1.29 is 4.79 Å². The molecule has 0 aliphatic heterocycles. The second kappa shape index (κ2) is 9.61. The maximum Gasteiger partial charge on any atom is 0.270 e. The zero-order valence-electron chi connectivity index (χ0n) is 14.2. The van der Waals surface area contributed by atoms with Gasteiger partial charge >= 0.3 is 0 Å². The Morgan fingerprint density at radius 2 is 1.88 bits per heavy atom. The lowest BCUT2D eigenvalue weighted by atomic mass is 10.3. The number of fused-ring (bicyclic) bond motifs is 1. The SMILES string of the molecule is CN(C)CCCN(C(=O)c1ccc(Br)s1)c1nc2ccc(Br)cc2s1.Cl. The standard InChI is InChI=1S/C17H17Br2N3OS2.ClH/c1-21(2)8-3-9-22(16(23)13-6-7-15(19)24-13)17-20-12-5-4-11(18)10-14(12)25-17;/h4-7,10H,3,8-9H2,1-2H3;1H. The molecule has 0 fully saturated rings. The number of anilines is 1. The van der Waals surface area contributed by atoms with E-state index in [0.717, 1.165) is 41.5 Å². The van der Waals surface area contributed by atoms with Gasteiger partial charge in [0.2, 0.25) is 0 Å². The summed E-state index contributed by atoms with van der Waals surface area (Å²) in [5, 5.41) is 0.751. The van der Waals surface area contributed by atoms with E-state index in [-0.39, 0.29) is 18.3 Å². The van der Waals surface area contributed by atoms with Crippen LogP contribution in [0.3, 0.4) is 0 Å². The first-order valence-electron chi connectivity index (χ1n) is 7.72. The topological polar surface area (TPSA) is 36.4 Å². The number of aromatic nitrogens is 1. The normalized spacial score (nSPS) is 11.0. The third-order valence-corrected chi connectivity index (χ3v) is 6.73. The van der Waals surface area contributed by atoms with Gasteiger partial charge in [0.05, 0.1) is 18.9 Å². The summed E-state index contributed by atoms with van der Waals surface area (Å²) in [7, 11) is 4.08. The third kappa shape index (κ3) is 5.27. The Labute approximate surface area is 183 Å². The Balaban J connectivity index is 0.00000243. The molecule has 4 nitrogen and oxygen atoms in total. The van der Waals surface area contributed by atoms with Crippen LogP contribution in [-0.4, -0.2) is 43.0 Å². The molecule has 0 radical (unpaired) electrons. The summed E-state index contributed by atoms with van der Waals surface area (Å²) < 4.78 is 3.04. The molecule has 0 bridgehead atoms. The quantitative estimate of drug-likeness (QED) is 0.391. The first-order valence-corrected chi connectivity index (χ1v) is 10.9. The lowest BCUT2D eigenvalue weighted by molar-refractivity contribution is 0.0990. The van der Waals surface area contributed by atoms with Crippen molar-refractivity contribution >= 4 is 88.2 Å². The largest absolute Gasteiger partial charge is 0.309 e. The highest BCUT2D eigenvalue weighted by Crippen LogP contribution is 2.33. The van der Waals surface area contributed by atoms with Crippen molar-refractivity contribution in [2.75, 3.05) is 32.1 Å². The summed E-state index contributed by atoms with van der Waals surface area (Å²) in [5.41, 5.74) is 0.918. The second-order valence-electron chi connectivity index (χ2n) is 5.83. The van der Waals surface area contributed by atoms with Gasteiger partial charge in [-0.15, -0.1) is 23.7 Å². The van der Waals surface area contributed by atoms with Gasteiger partial charge in [-0.05, 0) is 73.3 Å². The summed E-state index contributed by atoms with van der Waals surface area (Å²) in [6.45, 7) is 1.57. The smallest absolute Gasteiger partial charge is 0.270 e. The highest BCUT2D eigenvalue weighted by Gasteiger charge is 2.22. The van der Waals surface area contributed by atoms with E-state index >= 15 is 0 Å². The molecule has 3 rings (SSSR count). The highest BCUT2D eigenvalue weighted by atomic mass is 79.9. The van der Waals surface area contributed by atoms with Crippen molar-refractivity contribution in [3.63, 3.8) is 0 Å². The molecule has 0 saturated carbocycles. The average Bonchev–Trinajstić information content (AvgIpc) is 3.16. The molecule has 0 N–H and O–H groups in total. The van der Waals surface area contributed by atoms with Crippen LogP contribution in [0.4, 0.5) is 5.13 Å². The number of hydrogen-bond donors (Lipinski definition) is 0. The highest BCUT2D eigenvalue weighted by molar-refractivity contribution is 9.11. The maximum absolute atomic E-state index is 13.0. The van der Waals surface area contributed by atoms with Gasteiger partial charge in [-0.2, -0.15) is 0 Å². The van der Waals surface area contributed by atoms with E-state index in [4.69, 9.17) is 0 Å². The summed E-state index contributed by atoms with van der Waals surface area (Å²) in [4.78, 5) is 22.4. The van der Waals surface area contributed by atoms with E-state index in [1.54, 1.807) is 16.2 Å². The molecule has 0 aliphatic rings. The summed E-state index contributed by atoms with van der Waals surface area (Å²) in [5.74, 6) is 0.00702. The van der Waals surface area contributed by atoms with Gasteiger partial charge in [0.25, 0.3) is 5.91 Å². The van der Waals surface area contributed by atoms with Crippen molar-refractivity contribution in [2.24, 2.45) is 0 Å². The van der Waals surface area contributed by atoms with Gasteiger partial charge < -0.3 is 4.90 Å². The number of thiophene rings is 1. The molecule has 140 valence electrons. The summed E-state index contributed by atoms with van der Waals surface area (Å²) in [6.07, 6.45) is 0.894. The number of carbonyl (C=O) groups excluding carboxylic acids is 1. The van der Waals surface area contributed by atoms with Crippen LogP contribution in [0.25, 0.3) is 10.2 Å². The molecular weight excluding hydrogens is 522 g/mol. The van der Waals surface area contributed by atoms with Crippen molar-refractivity contribution in [1.82, 2.24) is 9.88 Å². The van der Waals surface area contributed by atoms with Gasteiger partial charge in [0, 0.05) is 11.0 Å². The van der Waals surface area contributed by atoms with Gasteiger partial charge in [0.15, 0.2) is 5.13 Å². The number of thiazole rings is 1. The first-order chi connectivity index (χ1) is 11.9. The number of benzene rings is 1. The van der Waals surface area contributed by atoms with Crippen LogP contribution in [0, 0.1) is 0 Å². The van der Waals surface area contributed by atoms with Crippen LogP contribution in [-0.2, 0) is 0 Å². The minimum Gasteiger partial charge on any atom is -0.309 e.